The fraction of sp³-hybridized carbons (Fsp3) is 1.00. The normalized spacial score (nSPS) is 21.8. The van der Waals surface area contributed by atoms with Gasteiger partial charge in [-0.15, -0.1) is 0 Å². The van der Waals surface area contributed by atoms with Gasteiger partial charge in [0.1, 0.15) is 0 Å². The maximum absolute atomic E-state index is 5.32. The highest BCUT2D eigenvalue weighted by atomic mass is 16.5. The van der Waals surface area contributed by atoms with E-state index in [9.17, 15) is 0 Å². The Morgan fingerprint density at radius 1 is 1.33 bits per heavy atom. The van der Waals surface area contributed by atoms with E-state index in [2.05, 4.69) is 19.2 Å². The summed E-state index contributed by atoms with van der Waals surface area (Å²) in [5, 5.41) is 3.60. The lowest BCUT2D eigenvalue weighted by atomic mass is 9.75. The molecule has 2 heteroatoms. The predicted molar refractivity (Wildman–Crippen MR) is 65.1 cm³/mol. The summed E-state index contributed by atoms with van der Waals surface area (Å²) >= 11 is 0. The van der Waals surface area contributed by atoms with Gasteiger partial charge in [-0.25, -0.2) is 0 Å². The molecule has 0 saturated heterocycles. The van der Waals surface area contributed by atoms with Crippen LogP contribution in [0.5, 0.6) is 0 Å². The van der Waals surface area contributed by atoms with Crippen molar-refractivity contribution in [3.8, 4) is 0 Å². The van der Waals surface area contributed by atoms with Gasteiger partial charge in [0, 0.05) is 20.3 Å². The van der Waals surface area contributed by atoms with Crippen molar-refractivity contribution in [3.05, 3.63) is 0 Å². The zero-order valence-electron chi connectivity index (χ0n) is 10.6. The summed E-state index contributed by atoms with van der Waals surface area (Å²) in [4.78, 5) is 0. The average molecular weight is 213 g/mol. The molecular formula is C13H27NO. The Kier molecular flexibility index (Phi) is 5.62. The Morgan fingerprint density at radius 2 is 2.00 bits per heavy atom. The first kappa shape index (κ1) is 13.0. The van der Waals surface area contributed by atoms with Crippen LogP contribution < -0.4 is 5.32 Å². The number of rotatable bonds is 7. The van der Waals surface area contributed by atoms with Crippen molar-refractivity contribution in [2.75, 3.05) is 26.8 Å². The Bertz CT molecular complexity index is 164. The molecule has 0 heterocycles. The summed E-state index contributed by atoms with van der Waals surface area (Å²) < 4.78 is 5.32. The fourth-order valence-electron chi connectivity index (χ4n) is 2.86. The van der Waals surface area contributed by atoms with Crippen LogP contribution in [0.2, 0.25) is 0 Å². The molecule has 15 heavy (non-hydrogen) atoms. The van der Waals surface area contributed by atoms with Crippen LogP contribution in [0.1, 0.15) is 46.0 Å². The van der Waals surface area contributed by atoms with Crippen LogP contribution in [0.3, 0.4) is 0 Å². The highest BCUT2D eigenvalue weighted by Crippen LogP contribution is 2.43. The van der Waals surface area contributed by atoms with Crippen LogP contribution in [-0.2, 0) is 4.74 Å². The lowest BCUT2D eigenvalue weighted by Crippen LogP contribution is -2.39. The number of hydrogen-bond acceptors (Lipinski definition) is 2. The van der Waals surface area contributed by atoms with Gasteiger partial charge < -0.3 is 10.1 Å². The number of nitrogens with one attached hydrogen (secondary N) is 1. The van der Waals surface area contributed by atoms with Gasteiger partial charge >= 0.3 is 0 Å². The quantitative estimate of drug-likeness (QED) is 0.657. The predicted octanol–water partition coefficient (Wildman–Crippen LogP) is 2.83. The summed E-state index contributed by atoms with van der Waals surface area (Å²) in [5.74, 6) is 0.689. The van der Waals surface area contributed by atoms with Gasteiger partial charge in [0.15, 0.2) is 0 Å². The highest BCUT2D eigenvalue weighted by molar-refractivity contribution is 4.90. The van der Waals surface area contributed by atoms with Crippen molar-refractivity contribution < 1.29 is 4.74 Å². The Balaban J connectivity index is 2.45. The minimum Gasteiger partial charge on any atom is -0.384 e. The SMILES string of the molecule is CCCNCC1(C(C)COC)CCCC1. The molecule has 1 unspecified atom stereocenters. The van der Waals surface area contributed by atoms with Crippen molar-refractivity contribution >= 4 is 0 Å². The smallest absolute Gasteiger partial charge is 0.0493 e. The zero-order valence-corrected chi connectivity index (χ0v) is 10.6. The molecular weight excluding hydrogens is 186 g/mol. The largest absolute Gasteiger partial charge is 0.384 e. The van der Waals surface area contributed by atoms with E-state index in [0.29, 0.717) is 11.3 Å². The van der Waals surface area contributed by atoms with E-state index in [1.54, 1.807) is 0 Å². The molecule has 1 rings (SSSR count). The third-order valence-electron chi connectivity index (χ3n) is 3.97. The molecule has 1 N–H and O–H groups in total. The zero-order chi connectivity index (χ0) is 11.1. The molecule has 1 aliphatic rings. The van der Waals surface area contributed by atoms with E-state index in [-0.39, 0.29) is 0 Å². The fourth-order valence-corrected chi connectivity index (χ4v) is 2.86. The van der Waals surface area contributed by atoms with Crippen LogP contribution in [0.25, 0.3) is 0 Å². The molecule has 0 aliphatic heterocycles. The Hall–Kier alpha value is -0.0800. The average Bonchev–Trinajstić information content (AvgIpc) is 2.69. The second-order valence-electron chi connectivity index (χ2n) is 5.10. The molecule has 1 aliphatic carbocycles. The molecule has 0 bridgehead atoms. The Labute approximate surface area is 94.8 Å². The van der Waals surface area contributed by atoms with E-state index in [1.165, 1.54) is 38.6 Å². The van der Waals surface area contributed by atoms with E-state index in [1.807, 2.05) is 7.11 Å². The van der Waals surface area contributed by atoms with Crippen molar-refractivity contribution in [1.82, 2.24) is 5.32 Å². The van der Waals surface area contributed by atoms with Crippen molar-refractivity contribution in [2.24, 2.45) is 11.3 Å². The summed E-state index contributed by atoms with van der Waals surface area (Å²) in [6.07, 6.45) is 6.81. The van der Waals surface area contributed by atoms with Crippen LogP contribution in [-0.4, -0.2) is 26.8 Å². The first-order chi connectivity index (χ1) is 7.25. The lowest BCUT2D eigenvalue weighted by Gasteiger charge is -2.35. The molecule has 0 radical (unpaired) electrons. The van der Waals surface area contributed by atoms with Gasteiger partial charge in [-0.2, -0.15) is 0 Å². The van der Waals surface area contributed by atoms with Gasteiger partial charge in [-0.1, -0.05) is 26.7 Å². The van der Waals surface area contributed by atoms with E-state index in [4.69, 9.17) is 4.74 Å². The van der Waals surface area contributed by atoms with Crippen LogP contribution >= 0.6 is 0 Å². The van der Waals surface area contributed by atoms with Crippen molar-refractivity contribution in [2.45, 2.75) is 46.0 Å². The molecule has 1 saturated carbocycles. The molecule has 1 atom stereocenters. The summed E-state index contributed by atoms with van der Waals surface area (Å²) in [5.41, 5.74) is 0.519. The summed E-state index contributed by atoms with van der Waals surface area (Å²) in [6, 6.07) is 0. The monoisotopic (exact) mass is 213 g/mol. The minimum atomic E-state index is 0.519. The van der Waals surface area contributed by atoms with Gasteiger partial charge in [0.25, 0.3) is 0 Å². The topological polar surface area (TPSA) is 21.3 Å². The summed E-state index contributed by atoms with van der Waals surface area (Å²) in [7, 11) is 1.82. The third kappa shape index (κ3) is 3.46. The van der Waals surface area contributed by atoms with Crippen LogP contribution in [0.15, 0.2) is 0 Å². The first-order valence-electron chi connectivity index (χ1n) is 6.45. The van der Waals surface area contributed by atoms with Gasteiger partial charge in [-0.3, -0.25) is 0 Å². The van der Waals surface area contributed by atoms with E-state index >= 15 is 0 Å². The van der Waals surface area contributed by atoms with E-state index in [0.717, 1.165) is 13.2 Å². The van der Waals surface area contributed by atoms with E-state index < -0.39 is 0 Å². The number of ether oxygens (including phenoxy) is 1. The molecule has 1 fully saturated rings. The first-order valence-corrected chi connectivity index (χ1v) is 6.45. The molecule has 90 valence electrons. The van der Waals surface area contributed by atoms with Gasteiger partial charge in [0.05, 0.1) is 0 Å². The summed E-state index contributed by atoms with van der Waals surface area (Å²) in [6.45, 7) is 7.83. The van der Waals surface area contributed by atoms with Crippen LogP contribution in [0, 0.1) is 11.3 Å². The maximum atomic E-state index is 5.32. The molecule has 0 aromatic carbocycles. The maximum Gasteiger partial charge on any atom is 0.0493 e. The third-order valence-corrected chi connectivity index (χ3v) is 3.97. The minimum absolute atomic E-state index is 0.519. The van der Waals surface area contributed by atoms with Crippen LogP contribution in [0.4, 0.5) is 0 Å². The second kappa shape index (κ2) is 6.49. The van der Waals surface area contributed by atoms with Gasteiger partial charge in [-0.05, 0) is 37.1 Å². The van der Waals surface area contributed by atoms with Crippen molar-refractivity contribution in [3.63, 3.8) is 0 Å². The molecule has 0 aromatic rings. The standard InChI is InChI=1S/C13H27NO/c1-4-9-14-11-13(7-5-6-8-13)12(2)10-15-3/h12,14H,4-11H2,1-3H3. The van der Waals surface area contributed by atoms with Gasteiger partial charge in [0.2, 0.25) is 0 Å². The number of hydrogen-bond donors (Lipinski definition) is 1. The molecule has 0 spiro atoms. The molecule has 0 aromatic heterocycles. The lowest BCUT2D eigenvalue weighted by molar-refractivity contribution is 0.0724. The second-order valence-corrected chi connectivity index (χ2v) is 5.10. The molecule has 0 amide bonds. The van der Waals surface area contributed by atoms with Crippen molar-refractivity contribution in [1.29, 1.82) is 0 Å². The highest BCUT2D eigenvalue weighted by Gasteiger charge is 2.38. The number of methoxy groups -OCH3 is 1. The Morgan fingerprint density at radius 3 is 2.53 bits per heavy atom. The molecule has 2 nitrogen and oxygen atoms in total.